The van der Waals surface area contributed by atoms with Gasteiger partial charge in [-0.25, -0.2) is 15.0 Å². The summed E-state index contributed by atoms with van der Waals surface area (Å²) in [6.45, 7) is 1.91. The minimum Gasteiger partial charge on any atom is -0.323 e. The Morgan fingerprint density at radius 1 is 1.21 bits per heavy atom. The number of rotatable bonds is 2. The summed E-state index contributed by atoms with van der Waals surface area (Å²) in [5.74, 6) is 0. The van der Waals surface area contributed by atoms with Crippen molar-refractivity contribution >= 4 is 0 Å². The van der Waals surface area contributed by atoms with Gasteiger partial charge in [0.2, 0.25) is 0 Å². The van der Waals surface area contributed by atoms with E-state index in [1.54, 1.807) is 24.9 Å². The zero-order valence-electron chi connectivity index (χ0n) is 7.83. The van der Waals surface area contributed by atoms with Gasteiger partial charge in [0, 0.05) is 6.04 Å². The second-order valence-electron chi connectivity index (χ2n) is 3.07. The maximum absolute atomic E-state index is 5.79. The molecule has 0 bridgehead atoms. The van der Waals surface area contributed by atoms with E-state index in [4.69, 9.17) is 5.73 Å². The van der Waals surface area contributed by atoms with Crippen LogP contribution in [0.3, 0.4) is 0 Å². The van der Waals surface area contributed by atoms with Crippen LogP contribution in [0.15, 0.2) is 31.2 Å². The molecule has 5 heteroatoms. The van der Waals surface area contributed by atoms with E-state index in [-0.39, 0.29) is 6.04 Å². The van der Waals surface area contributed by atoms with Gasteiger partial charge in [0.25, 0.3) is 0 Å². The minimum atomic E-state index is -0.0577. The highest BCUT2D eigenvalue weighted by molar-refractivity contribution is 5.28. The van der Waals surface area contributed by atoms with Crippen molar-refractivity contribution in [2.75, 3.05) is 0 Å². The van der Waals surface area contributed by atoms with Crippen LogP contribution in [-0.4, -0.2) is 19.5 Å². The fraction of sp³-hybridized carbons (Fsp3) is 0.222. The first kappa shape index (κ1) is 8.83. The standard InChI is InChI=1S/C9H11N5/c1-7(10)9-4-13-6-14(9)8-2-11-5-12-3-8/h2-7H,10H2,1H3. The fourth-order valence-corrected chi connectivity index (χ4v) is 1.27. The molecule has 0 fully saturated rings. The average Bonchev–Trinajstić information content (AvgIpc) is 2.67. The highest BCUT2D eigenvalue weighted by atomic mass is 15.1. The Kier molecular flexibility index (Phi) is 2.24. The Morgan fingerprint density at radius 2 is 1.93 bits per heavy atom. The molecule has 14 heavy (non-hydrogen) atoms. The Bertz CT molecular complexity index is 406. The van der Waals surface area contributed by atoms with Crippen molar-refractivity contribution in [3.05, 3.63) is 36.9 Å². The second kappa shape index (κ2) is 3.55. The number of imidazole rings is 1. The number of hydrogen-bond donors (Lipinski definition) is 1. The maximum atomic E-state index is 5.79. The van der Waals surface area contributed by atoms with Crippen LogP contribution in [0.25, 0.3) is 5.69 Å². The molecule has 0 aliphatic carbocycles. The van der Waals surface area contributed by atoms with Gasteiger partial charge in [-0.15, -0.1) is 0 Å². The summed E-state index contributed by atoms with van der Waals surface area (Å²) in [6.07, 6.45) is 8.39. The molecule has 0 aliphatic heterocycles. The van der Waals surface area contributed by atoms with Crippen molar-refractivity contribution in [3.8, 4) is 5.69 Å². The zero-order chi connectivity index (χ0) is 9.97. The van der Waals surface area contributed by atoms with E-state index in [2.05, 4.69) is 15.0 Å². The highest BCUT2D eigenvalue weighted by Gasteiger charge is 2.07. The summed E-state index contributed by atoms with van der Waals surface area (Å²) in [5, 5.41) is 0. The van der Waals surface area contributed by atoms with Gasteiger partial charge in [-0.2, -0.15) is 0 Å². The molecule has 72 valence electrons. The van der Waals surface area contributed by atoms with E-state index >= 15 is 0 Å². The molecule has 0 aromatic carbocycles. The van der Waals surface area contributed by atoms with Crippen LogP contribution in [0.4, 0.5) is 0 Å². The smallest absolute Gasteiger partial charge is 0.115 e. The Morgan fingerprint density at radius 3 is 2.57 bits per heavy atom. The summed E-state index contributed by atoms with van der Waals surface area (Å²) >= 11 is 0. The van der Waals surface area contributed by atoms with Crippen LogP contribution < -0.4 is 5.73 Å². The van der Waals surface area contributed by atoms with Gasteiger partial charge in [0.15, 0.2) is 0 Å². The van der Waals surface area contributed by atoms with Gasteiger partial charge >= 0.3 is 0 Å². The lowest BCUT2D eigenvalue weighted by atomic mass is 10.2. The van der Waals surface area contributed by atoms with Gasteiger partial charge in [-0.3, -0.25) is 4.57 Å². The lowest BCUT2D eigenvalue weighted by Crippen LogP contribution is -2.10. The summed E-state index contributed by atoms with van der Waals surface area (Å²) in [5.41, 5.74) is 7.61. The van der Waals surface area contributed by atoms with E-state index in [1.165, 1.54) is 6.33 Å². The lowest BCUT2D eigenvalue weighted by Gasteiger charge is -2.09. The third kappa shape index (κ3) is 1.49. The van der Waals surface area contributed by atoms with Gasteiger partial charge in [0.1, 0.15) is 6.33 Å². The number of aromatic nitrogens is 4. The van der Waals surface area contributed by atoms with E-state index in [1.807, 2.05) is 11.5 Å². The molecule has 1 unspecified atom stereocenters. The van der Waals surface area contributed by atoms with Crippen LogP contribution in [0.1, 0.15) is 18.7 Å². The number of nitrogens with zero attached hydrogens (tertiary/aromatic N) is 4. The first-order valence-electron chi connectivity index (χ1n) is 4.32. The molecule has 0 radical (unpaired) electrons. The molecule has 2 aromatic rings. The molecule has 5 nitrogen and oxygen atoms in total. The van der Waals surface area contributed by atoms with Crippen molar-refractivity contribution < 1.29 is 0 Å². The SMILES string of the molecule is CC(N)c1cncn1-c1cncnc1. The molecule has 0 spiro atoms. The van der Waals surface area contributed by atoms with E-state index < -0.39 is 0 Å². The summed E-state index contributed by atoms with van der Waals surface area (Å²) in [7, 11) is 0. The highest BCUT2D eigenvalue weighted by Crippen LogP contribution is 2.13. The summed E-state index contributed by atoms with van der Waals surface area (Å²) in [6, 6.07) is -0.0577. The van der Waals surface area contributed by atoms with Crippen LogP contribution in [0, 0.1) is 0 Å². The first-order chi connectivity index (χ1) is 6.79. The van der Waals surface area contributed by atoms with Crippen LogP contribution >= 0.6 is 0 Å². The predicted octanol–water partition coefficient (Wildman–Crippen LogP) is 0.682. The fourth-order valence-electron chi connectivity index (χ4n) is 1.27. The number of nitrogens with two attached hydrogens (primary N) is 1. The van der Waals surface area contributed by atoms with Crippen LogP contribution in [-0.2, 0) is 0 Å². The lowest BCUT2D eigenvalue weighted by molar-refractivity contribution is 0.750. The maximum Gasteiger partial charge on any atom is 0.115 e. The van der Waals surface area contributed by atoms with Gasteiger partial charge < -0.3 is 5.73 Å². The molecule has 0 amide bonds. The topological polar surface area (TPSA) is 69.6 Å². The monoisotopic (exact) mass is 189 g/mol. The van der Waals surface area contributed by atoms with Gasteiger partial charge in [0.05, 0.1) is 36.3 Å². The minimum absolute atomic E-state index is 0.0577. The van der Waals surface area contributed by atoms with Crippen molar-refractivity contribution in [1.82, 2.24) is 19.5 Å². The zero-order valence-corrected chi connectivity index (χ0v) is 7.83. The quantitative estimate of drug-likeness (QED) is 0.754. The van der Waals surface area contributed by atoms with Crippen molar-refractivity contribution in [1.29, 1.82) is 0 Å². The van der Waals surface area contributed by atoms with Crippen molar-refractivity contribution in [2.45, 2.75) is 13.0 Å². The number of hydrogen-bond acceptors (Lipinski definition) is 4. The predicted molar refractivity (Wildman–Crippen MR) is 51.8 cm³/mol. The molecule has 0 saturated heterocycles. The first-order valence-corrected chi connectivity index (χ1v) is 4.32. The molecular weight excluding hydrogens is 178 g/mol. The van der Waals surface area contributed by atoms with E-state index in [0.29, 0.717) is 0 Å². The van der Waals surface area contributed by atoms with E-state index in [0.717, 1.165) is 11.4 Å². The molecule has 2 aromatic heterocycles. The molecule has 1 atom stereocenters. The Balaban J connectivity index is 2.47. The second-order valence-corrected chi connectivity index (χ2v) is 3.07. The van der Waals surface area contributed by atoms with Crippen LogP contribution in [0.5, 0.6) is 0 Å². The largest absolute Gasteiger partial charge is 0.323 e. The molecule has 2 rings (SSSR count). The van der Waals surface area contributed by atoms with Crippen molar-refractivity contribution in [2.24, 2.45) is 5.73 Å². The molecule has 2 N–H and O–H groups in total. The molecule has 0 saturated carbocycles. The normalized spacial score (nSPS) is 12.7. The molecule has 2 heterocycles. The molecular formula is C9H11N5. The summed E-state index contributed by atoms with van der Waals surface area (Å²) < 4.78 is 1.88. The molecule has 0 aliphatic rings. The third-order valence-electron chi connectivity index (χ3n) is 1.96. The van der Waals surface area contributed by atoms with Gasteiger partial charge in [-0.1, -0.05) is 0 Å². The Labute approximate surface area is 81.6 Å². The van der Waals surface area contributed by atoms with Crippen molar-refractivity contribution in [3.63, 3.8) is 0 Å². The third-order valence-corrected chi connectivity index (χ3v) is 1.96. The summed E-state index contributed by atoms with van der Waals surface area (Å²) in [4.78, 5) is 11.9. The Hall–Kier alpha value is -1.75. The average molecular weight is 189 g/mol. The van der Waals surface area contributed by atoms with Gasteiger partial charge in [-0.05, 0) is 6.92 Å². The van der Waals surface area contributed by atoms with E-state index in [9.17, 15) is 0 Å². The van der Waals surface area contributed by atoms with Crippen LogP contribution in [0.2, 0.25) is 0 Å².